The number of nitrogens with one attached hydrogen (secondary N) is 1. The van der Waals surface area contributed by atoms with Gasteiger partial charge in [-0.2, -0.15) is 0 Å². The van der Waals surface area contributed by atoms with Crippen LogP contribution in [-0.2, 0) is 10.5 Å². The van der Waals surface area contributed by atoms with Crippen molar-refractivity contribution in [3.05, 3.63) is 36.0 Å². The normalized spacial score (nSPS) is 10.7. The van der Waals surface area contributed by atoms with Crippen molar-refractivity contribution in [1.82, 2.24) is 20.4 Å². The van der Waals surface area contributed by atoms with Gasteiger partial charge in [-0.3, -0.25) is 4.79 Å². The number of aryl methyl sites for hydroxylation is 1. The molecule has 0 spiro atoms. The number of rotatable bonds is 5. The van der Waals surface area contributed by atoms with E-state index in [0.717, 1.165) is 5.56 Å². The zero-order chi connectivity index (χ0) is 16.2. The quantitative estimate of drug-likeness (QED) is 0.711. The molecule has 3 rings (SSSR count). The van der Waals surface area contributed by atoms with E-state index >= 15 is 0 Å². The smallest absolute Gasteiger partial charge is 0.277 e. The van der Waals surface area contributed by atoms with Crippen LogP contribution in [-0.4, -0.2) is 26.3 Å². The Balaban J connectivity index is 1.70. The van der Waals surface area contributed by atoms with Crippen LogP contribution < -0.4 is 5.32 Å². The lowest BCUT2D eigenvalue weighted by Crippen LogP contribution is -2.05. The number of carbonyl (C=O) groups excluding carboxylic acids is 1. The van der Waals surface area contributed by atoms with Crippen molar-refractivity contribution >= 4 is 23.4 Å². The topological polar surface area (TPSA) is 107 Å². The number of hydrogen-bond donors (Lipinski definition) is 1. The molecule has 9 heteroatoms. The highest BCUT2D eigenvalue weighted by Crippen LogP contribution is 2.26. The number of hydrogen-bond acceptors (Lipinski definition) is 8. The molecule has 0 saturated heterocycles. The maximum absolute atomic E-state index is 11.1. The summed E-state index contributed by atoms with van der Waals surface area (Å²) in [6.07, 6.45) is 0. The average molecular weight is 331 g/mol. The maximum atomic E-state index is 11.1. The van der Waals surface area contributed by atoms with Gasteiger partial charge < -0.3 is 14.2 Å². The Morgan fingerprint density at radius 3 is 2.83 bits per heavy atom. The Hall–Kier alpha value is -2.68. The minimum absolute atomic E-state index is 0.140. The largest absolute Gasteiger partial charge is 0.425 e. The van der Waals surface area contributed by atoms with Crippen LogP contribution in [0.4, 0.5) is 5.69 Å². The minimum Gasteiger partial charge on any atom is -0.425 e. The second-order valence-corrected chi connectivity index (χ2v) is 5.57. The van der Waals surface area contributed by atoms with Gasteiger partial charge >= 0.3 is 0 Å². The zero-order valence-corrected chi connectivity index (χ0v) is 13.3. The third-order valence-corrected chi connectivity index (χ3v) is 3.53. The van der Waals surface area contributed by atoms with Crippen molar-refractivity contribution in [2.24, 2.45) is 0 Å². The van der Waals surface area contributed by atoms with Crippen molar-refractivity contribution in [2.45, 2.75) is 24.8 Å². The van der Waals surface area contributed by atoms with Crippen LogP contribution in [0.2, 0.25) is 0 Å². The maximum Gasteiger partial charge on any atom is 0.277 e. The van der Waals surface area contributed by atoms with Crippen LogP contribution in [0.15, 0.2) is 38.3 Å². The molecule has 0 fully saturated rings. The van der Waals surface area contributed by atoms with E-state index in [0.29, 0.717) is 34.3 Å². The van der Waals surface area contributed by atoms with E-state index in [1.807, 2.05) is 6.07 Å². The second-order valence-electron chi connectivity index (χ2n) is 4.64. The molecule has 0 radical (unpaired) electrons. The Morgan fingerprint density at radius 1 is 1.22 bits per heavy atom. The fraction of sp³-hybridized carbons (Fsp3) is 0.214. The first-order chi connectivity index (χ1) is 11.1. The van der Waals surface area contributed by atoms with Gasteiger partial charge in [0.05, 0.1) is 5.75 Å². The van der Waals surface area contributed by atoms with Gasteiger partial charge in [0.25, 0.3) is 5.22 Å². The highest BCUT2D eigenvalue weighted by atomic mass is 32.2. The summed E-state index contributed by atoms with van der Waals surface area (Å²) in [5.74, 6) is 1.70. The summed E-state index contributed by atoms with van der Waals surface area (Å²) in [7, 11) is 0. The van der Waals surface area contributed by atoms with Gasteiger partial charge in [0, 0.05) is 25.1 Å². The second kappa shape index (κ2) is 6.61. The molecule has 1 amide bonds. The van der Waals surface area contributed by atoms with Crippen LogP contribution >= 0.6 is 11.8 Å². The predicted molar refractivity (Wildman–Crippen MR) is 82.6 cm³/mol. The molecule has 0 aliphatic rings. The molecule has 0 aliphatic carbocycles. The van der Waals surface area contributed by atoms with Crippen LogP contribution in [0, 0.1) is 6.92 Å². The van der Waals surface area contributed by atoms with Crippen LogP contribution in [0.25, 0.3) is 11.5 Å². The molecule has 0 atom stereocenters. The zero-order valence-electron chi connectivity index (χ0n) is 12.4. The van der Waals surface area contributed by atoms with E-state index in [9.17, 15) is 4.79 Å². The highest BCUT2D eigenvalue weighted by molar-refractivity contribution is 7.98. The molecule has 1 N–H and O–H groups in total. The van der Waals surface area contributed by atoms with Crippen molar-refractivity contribution in [3.63, 3.8) is 0 Å². The average Bonchev–Trinajstić information content (AvgIpc) is 3.13. The monoisotopic (exact) mass is 331 g/mol. The van der Waals surface area contributed by atoms with Gasteiger partial charge in [0.1, 0.15) is 0 Å². The molecule has 118 valence electrons. The van der Waals surface area contributed by atoms with Crippen LogP contribution in [0.5, 0.6) is 0 Å². The molecule has 0 bridgehead atoms. The third-order valence-electron chi connectivity index (χ3n) is 2.72. The molecular weight excluding hydrogens is 318 g/mol. The fourth-order valence-corrected chi connectivity index (χ4v) is 2.44. The first-order valence-electron chi connectivity index (χ1n) is 6.73. The SMILES string of the molecule is CC(=O)Nc1cccc(-c2nnc(SCc3nnc(C)o3)o2)c1. The van der Waals surface area contributed by atoms with Crippen LogP contribution in [0.1, 0.15) is 18.7 Å². The highest BCUT2D eigenvalue weighted by Gasteiger charge is 2.12. The minimum atomic E-state index is -0.140. The van der Waals surface area contributed by atoms with Crippen molar-refractivity contribution in [3.8, 4) is 11.5 Å². The Bertz CT molecular complexity index is 829. The summed E-state index contributed by atoms with van der Waals surface area (Å²) in [5, 5.41) is 18.7. The molecule has 0 unspecified atom stereocenters. The van der Waals surface area contributed by atoms with Crippen molar-refractivity contribution in [2.75, 3.05) is 5.32 Å². The Labute approximate surface area is 135 Å². The van der Waals surface area contributed by atoms with E-state index in [2.05, 4.69) is 25.7 Å². The van der Waals surface area contributed by atoms with E-state index in [1.165, 1.54) is 18.7 Å². The molecule has 2 aromatic heterocycles. The number of anilines is 1. The summed E-state index contributed by atoms with van der Waals surface area (Å²) in [6, 6.07) is 7.19. The van der Waals surface area contributed by atoms with Crippen LogP contribution in [0.3, 0.4) is 0 Å². The number of carbonyl (C=O) groups is 1. The summed E-state index contributed by atoms with van der Waals surface area (Å²) < 4.78 is 10.9. The number of aromatic nitrogens is 4. The molecular formula is C14H13N5O3S. The predicted octanol–water partition coefficient (Wildman–Crippen LogP) is 2.68. The first kappa shape index (κ1) is 15.2. The van der Waals surface area contributed by atoms with Gasteiger partial charge in [-0.05, 0) is 18.2 Å². The number of nitrogens with zero attached hydrogens (tertiary/aromatic N) is 4. The summed E-state index contributed by atoms with van der Waals surface area (Å²) in [6.45, 7) is 3.18. The number of amides is 1. The van der Waals surface area contributed by atoms with Gasteiger partial charge in [0.2, 0.25) is 23.6 Å². The fourth-order valence-electron chi connectivity index (χ4n) is 1.84. The summed E-state index contributed by atoms with van der Waals surface area (Å²) in [4.78, 5) is 11.1. The Morgan fingerprint density at radius 2 is 2.09 bits per heavy atom. The van der Waals surface area contributed by atoms with E-state index in [1.54, 1.807) is 25.1 Å². The molecule has 2 heterocycles. The molecule has 1 aromatic carbocycles. The molecule has 23 heavy (non-hydrogen) atoms. The van der Waals surface area contributed by atoms with Gasteiger partial charge in [0.15, 0.2) is 0 Å². The lowest BCUT2D eigenvalue weighted by molar-refractivity contribution is -0.114. The van der Waals surface area contributed by atoms with E-state index in [4.69, 9.17) is 8.83 Å². The lowest BCUT2D eigenvalue weighted by Gasteiger charge is -2.02. The number of thioether (sulfide) groups is 1. The molecule has 0 saturated carbocycles. The first-order valence-corrected chi connectivity index (χ1v) is 7.72. The van der Waals surface area contributed by atoms with Crippen molar-refractivity contribution < 1.29 is 13.6 Å². The van der Waals surface area contributed by atoms with E-state index < -0.39 is 0 Å². The molecule has 3 aromatic rings. The number of benzene rings is 1. The van der Waals surface area contributed by atoms with Crippen molar-refractivity contribution in [1.29, 1.82) is 0 Å². The van der Waals surface area contributed by atoms with Gasteiger partial charge in [-0.15, -0.1) is 20.4 Å². The summed E-state index contributed by atoms with van der Waals surface area (Å²) >= 11 is 1.31. The van der Waals surface area contributed by atoms with E-state index in [-0.39, 0.29) is 5.91 Å². The molecule has 8 nitrogen and oxygen atoms in total. The van der Waals surface area contributed by atoms with Gasteiger partial charge in [-0.25, -0.2) is 0 Å². The third kappa shape index (κ3) is 3.95. The molecule has 0 aliphatic heterocycles. The Kier molecular flexibility index (Phi) is 4.38. The van der Waals surface area contributed by atoms with Gasteiger partial charge in [-0.1, -0.05) is 17.8 Å². The summed E-state index contributed by atoms with van der Waals surface area (Å²) in [5.41, 5.74) is 1.40. The lowest BCUT2D eigenvalue weighted by atomic mass is 10.2. The standard InChI is InChI=1S/C14H13N5O3S/c1-8(20)15-11-5-3-4-10(6-11)13-18-19-14(22-13)23-7-12-17-16-9(2)21-12/h3-6H,7H2,1-2H3,(H,15,20).